The summed E-state index contributed by atoms with van der Waals surface area (Å²) in [5, 5.41) is 8.27. The molecule has 21 heavy (non-hydrogen) atoms. The lowest BCUT2D eigenvalue weighted by Crippen LogP contribution is -2.33. The number of rotatable bonds is 5. The lowest BCUT2D eigenvalue weighted by molar-refractivity contribution is 0.234. The number of methoxy groups -OCH3 is 2. The number of aromatic nitrogens is 3. The Balaban J connectivity index is 1.69. The third-order valence-electron chi connectivity index (χ3n) is 3.88. The van der Waals surface area contributed by atoms with Crippen molar-refractivity contribution in [2.75, 3.05) is 27.3 Å². The molecule has 0 atom stereocenters. The predicted molar refractivity (Wildman–Crippen MR) is 78.5 cm³/mol. The first-order valence-corrected chi connectivity index (χ1v) is 7.10. The fraction of sp³-hybridized carbons (Fsp3) is 0.467. The molecule has 0 unspecified atom stereocenters. The Kier molecular flexibility index (Phi) is 4.06. The van der Waals surface area contributed by atoms with Crippen LogP contribution >= 0.6 is 0 Å². The van der Waals surface area contributed by atoms with Gasteiger partial charge in [0.25, 0.3) is 0 Å². The quantitative estimate of drug-likeness (QED) is 0.831. The lowest BCUT2D eigenvalue weighted by Gasteiger charge is -2.29. The van der Waals surface area contributed by atoms with Gasteiger partial charge in [-0.3, -0.25) is 4.90 Å². The maximum atomic E-state index is 5.39. The first kappa shape index (κ1) is 13.9. The van der Waals surface area contributed by atoms with Crippen LogP contribution in [0.25, 0.3) is 0 Å². The van der Waals surface area contributed by atoms with E-state index in [1.165, 1.54) is 11.1 Å². The van der Waals surface area contributed by atoms with Gasteiger partial charge in [-0.05, 0) is 29.7 Å². The number of ether oxygens (including phenoxy) is 2. The van der Waals surface area contributed by atoms with Crippen molar-refractivity contribution in [3.63, 3.8) is 0 Å². The summed E-state index contributed by atoms with van der Waals surface area (Å²) in [5.74, 6) is 1.61. The molecule has 0 N–H and O–H groups in total. The van der Waals surface area contributed by atoms with Gasteiger partial charge in [0.2, 0.25) is 0 Å². The summed E-state index contributed by atoms with van der Waals surface area (Å²) < 4.78 is 10.8. The van der Waals surface area contributed by atoms with E-state index in [-0.39, 0.29) is 0 Å². The van der Waals surface area contributed by atoms with E-state index in [4.69, 9.17) is 9.47 Å². The third kappa shape index (κ3) is 3.00. The Hall–Kier alpha value is -2.08. The fourth-order valence-electron chi connectivity index (χ4n) is 2.72. The minimum Gasteiger partial charge on any atom is -0.493 e. The van der Waals surface area contributed by atoms with Crippen molar-refractivity contribution < 1.29 is 9.47 Å². The molecular formula is C15H20N4O2. The standard InChI is InChI=1S/C15H20N4O2/c1-20-14-9-12-3-6-18(7-8-19-16-4-5-17-19)11-13(12)10-15(14)21-2/h4-5,9-10H,3,6-8,11H2,1-2H3. The smallest absolute Gasteiger partial charge is 0.161 e. The highest BCUT2D eigenvalue weighted by molar-refractivity contribution is 5.48. The van der Waals surface area contributed by atoms with Gasteiger partial charge in [0, 0.05) is 19.6 Å². The lowest BCUT2D eigenvalue weighted by atomic mass is 9.99. The maximum absolute atomic E-state index is 5.39. The highest BCUT2D eigenvalue weighted by Crippen LogP contribution is 2.33. The van der Waals surface area contributed by atoms with Crippen LogP contribution in [0, 0.1) is 0 Å². The molecule has 2 aromatic rings. The summed E-state index contributed by atoms with van der Waals surface area (Å²) in [6, 6.07) is 4.19. The van der Waals surface area contributed by atoms with Gasteiger partial charge in [-0.15, -0.1) is 0 Å². The summed E-state index contributed by atoms with van der Waals surface area (Å²) in [5.41, 5.74) is 2.66. The van der Waals surface area contributed by atoms with Gasteiger partial charge >= 0.3 is 0 Å². The maximum Gasteiger partial charge on any atom is 0.161 e. The van der Waals surface area contributed by atoms with Crippen molar-refractivity contribution in [2.24, 2.45) is 0 Å². The first-order valence-electron chi connectivity index (χ1n) is 7.10. The average Bonchev–Trinajstić information content (AvgIpc) is 3.04. The molecule has 6 heteroatoms. The van der Waals surface area contributed by atoms with E-state index >= 15 is 0 Å². The monoisotopic (exact) mass is 288 g/mol. The van der Waals surface area contributed by atoms with E-state index in [0.717, 1.165) is 44.1 Å². The van der Waals surface area contributed by atoms with Crippen molar-refractivity contribution in [2.45, 2.75) is 19.5 Å². The SMILES string of the molecule is COc1cc2c(cc1OC)CN(CCn1nccn1)CC2. The number of hydrogen-bond donors (Lipinski definition) is 0. The van der Waals surface area contributed by atoms with E-state index in [0.29, 0.717) is 0 Å². The summed E-state index contributed by atoms with van der Waals surface area (Å²) in [7, 11) is 3.35. The van der Waals surface area contributed by atoms with Crippen LogP contribution < -0.4 is 9.47 Å². The van der Waals surface area contributed by atoms with Crippen molar-refractivity contribution in [1.29, 1.82) is 0 Å². The Bertz CT molecular complexity index is 598. The van der Waals surface area contributed by atoms with Crippen LogP contribution in [0.15, 0.2) is 24.5 Å². The molecule has 0 saturated heterocycles. The molecule has 1 aromatic heterocycles. The highest BCUT2D eigenvalue weighted by Gasteiger charge is 2.19. The Morgan fingerprint density at radius 2 is 1.67 bits per heavy atom. The van der Waals surface area contributed by atoms with E-state index in [1.807, 2.05) is 0 Å². The van der Waals surface area contributed by atoms with Gasteiger partial charge in [-0.25, -0.2) is 0 Å². The van der Waals surface area contributed by atoms with E-state index in [9.17, 15) is 0 Å². The molecule has 2 heterocycles. The van der Waals surface area contributed by atoms with Crippen molar-refractivity contribution >= 4 is 0 Å². The van der Waals surface area contributed by atoms with Crippen LogP contribution in [0.1, 0.15) is 11.1 Å². The summed E-state index contributed by atoms with van der Waals surface area (Å²) in [4.78, 5) is 4.14. The first-order chi connectivity index (χ1) is 10.3. The van der Waals surface area contributed by atoms with Crippen LogP contribution in [0.4, 0.5) is 0 Å². The number of hydrogen-bond acceptors (Lipinski definition) is 5. The molecule has 1 aromatic carbocycles. The molecule has 0 radical (unpaired) electrons. The minimum absolute atomic E-state index is 0.798. The molecule has 0 aliphatic carbocycles. The van der Waals surface area contributed by atoms with Crippen LogP contribution in [-0.4, -0.2) is 47.2 Å². The zero-order chi connectivity index (χ0) is 14.7. The molecule has 6 nitrogen and oxygen atoms in total. The molecule has 0 bridgehead atoms. The second kappa shape index (κ2) is 6.13. The van der Waals surface area contributed by atoms with Gasteiger partial charge < -0.3 is 9.47 Å². The van der Waals surface area contributed by atoms with E-state index in [2.05, 4.69) is 27.2 Å². The molecule has 0 saturated carbocycles. The highest BCUT2D eigenvalue weighted by atomic mass is 16.5. The van der Waals surface area contributed by atoms with Crippen molar-refractivity contribution in [3.8, 4) is 11.5 Å². The Morgan fingerprint density at radius 1 is 1.00 bits per heavy atom. The van der Waals surface area contributed by atoms with Crippen molar-refractivity contribution in [3.05, 3.63) is 35.7 Å². The van der Waals surface area contributed by atoms with Crippen LogP contribution in [0.3, 0.4) is 0 Å². The van der Waals surface area contributed by atoms with Crippen LogP contribution in [-0.2, 0) is 19.5 Å². The number of benzene rings is 1. The second-order valence-corrected chi connectivity index (χ2v) is 5.13. The van der Waals surface area contributed by atoms with Gasteiger partial charge in [0.15, 0.2) is 11.5 Å². The Morgan fingerprint density at radius 3 is 2.33 bits per heavy atom. The van der Waals surface area contributed by atoms with E-state index < -0.39 is 0 Å². The van der Waals surface area contributed by atoms with Gasteiger partial charge in [0.1, 0.15) is 0 Å². The van der Waals surface area contributed by atoms with Gasteiger partial charge in [-0.2, -0.15) is 15.0 Å². The molecule has 0 amide bonds. The molecular weight excluding hydrogens is 268 g/mol. The summed E-state index contributed by atoms with van der Waals surface area (Å²) >= 11 is 0. The summed E-state index contributed by atoms with van der Waals surface area (Å²) in [6.45, 7) is 3.73. The zero-order valence-corrected chi connectivity index (χ0v) is 12.5. The molecule has 0 spiro atoms. The molecule has 1 aliphatic rings. The molecule has 0 fully saturated rings. The topological polar surface area (TPSA) is 52.4 Å². The average molecular weight is 288 g/mol. The Labute approximate surface area is 124 Å². The van der Waals surface area contributed by atoms with Crippen LogP contribution in [0.2, 0.25) is 0 Å². The molecule has 3 rings (SSSR count). The van der Waals surface area contributed by atoms with Crippen molar-refractivity contribution in [1.82, 2.24) is 19.9 Å². The molecule has 112 valence electrons. The molecule has 1 aliphatic heterocycles. The minimum atomic E-state index is 0.798. The number of fused-ring (bicyclic) bond motifs is 1. The fourth-order valence-corrected chi connectivity index (χ4v) is 2.72. The van der Waals surface area contributed by atoms with Gasteiger partial charge in [0.05, 0.1) is 33.2 Å². The summed E-state index contributed by atoms with van der Waals surface area (Å²) in [6.07, 6.45) is 4.45. The van der Waals surface area contributed by atoms with E-state index in [1.54, 1.807) is 31.4 Å². The predicted octanol–water partition coefficient (Wildman–Crippen LogP) is 1.35. The largest absolute Gasteiger partial charge is 0.493 e. The van der Waals surface area contributed by atoms with Crippen LogP contribution in [0.5, 0.6) is 11.5 Å². The second-order valence-electron chi connectivity index (χ2n) is 5.13. The number of nitrogens with zero attached hydrogens (tertiary/aromatic N) is 4. The zero-order valence-electron chi connectivity index (χ0n) is 12.5. The third-order valence-corrected chi connectivity index (χ3v) is 3.88. The van der Waals surface area contributed by atoms with Gasteiger partial charge in [-0.1, -0.05) is 0 Å². The normalized spacial score (nSPS) is 14.8.